The van der Waals surface area contributed by atoms with Crippen molar-refractivity contribution in [2.24, 2.45) is 0 Å². The number of anilines is 1. The summed E-state index contributed by atoms with van der Waals surface area (Å²) in [6.07, 6.45) is 2.46. The number of hydrogen-bond acceptors (Lipinski definition) is 5. The van der Waals surface area contributed by atoms with Crippen LogP contribution in [0.5, 0.6) is 0 Å². The van der Waals surface area contributed by atoms with Crippen LogP contribution in [0.2, 0.25) is 5.02 Å². The van der Waals surface area contributed by atoms with Crippen molar-refractivity contribution in [3.63, 3.8) is 0 Å². The lowest BCUT2D eigenvalue weighted by Crippen LogP contribution is -2.46. The summed E-state index contributed by atoms with van der Waals surface area (Å²) >= 11 is 7.62. The Labute approximate surface area is 144 Å². The van der Waals surface area contributed by atoms with E-state index in [1.54, 1.807) is 12.1 Å². The summed E-state index contributed by atoms with van der Waals surface area (Å²) < 4.78 is 18.4. The van der Waals surface area contributed by atoms with Crippen molar-refractivity contribution in [3.05, 3.63) is 40.4 Å². The summed E-state index contributed by atoms with van der Waals surface area (Å²) in [6, 6.07) is 4.86. The zero-order valence-corrected chi connectivity index (χ0v) is 14.3. The highest BCUT2D eigenvalue weighted by molar-refractivity contribution is 7.09. The smallest absolute Gasteiger partial charge is 0.205 e. The molecule has 122 valence electrons. The highest BCUT2D eigenvalue weighted by Crippen LogP contribution is 2.39. The van der Waals surface area contributed by atoms with Crippen LogP contribution in [0.1, 0.15) is 30.1 Å². The maximum absolute atomic E-state index is 13.9. The first-order chi connectivity index (χ1) is 11.2. The van der Waals surface area contributed by atoms with Crippen molar-refractivity contribution in [2.45, 2.75) is 25.3 Å². The molecule has 2 aromatic rings. The minimum Gasteiger partial charge on any atom is -0.344 e. The number of benzene rings is 1. The Morgan fingerprint density at radius 3 is 2.70 bits per heavy atom. The fourth-order valence-electron chi connectivity index (χ4n) is 2.87. The molecular formula is C16H18ClFN4S. The van der Waals surface area contributed by atoms with Gasteiger partial charge in [-0.25, -0.2) is 9.37 Å². The van der Waals surface area contributed by atoms with Crippen molar-refractivity contribution in [2.75, 3.05) is 31.1 Å². The van der Waals surface area contributed by atoms with Crippen LogP contribution in [0.3, 0.4) is 0 Å². The molecule has 0 spiro atoms. The summed E-state index contributed by atoms with van der Waals surface area (Å²) in [7, 11) is 0. The van der Waals surface area contributed by atoms with E-state index in [1.165, 1.54) is 30.4 Å². The number of piperazine rings is 1. The third-order valence-corrected chi connectivity index (χ3v) is 5.60. The Kier molecular flexibility index (Phi) is 4.22. The Hall–Kier alpha value is -1.24. The molecule has 4 nitrogen and oxygen atoms in total. The van der Waals surface area contributed by atoms with Crippen LogP contribution in [0.4, 0.5) is 9.52 Å². The zero-order valence-electron chi connectivity index (χ0n) is 12.7. The van der Waals surface area contributed by atoms with E-state index in [4.69, 9.17) is 11.6 Å². The van der Waals surface area contributed by atoms with Gasteiger partial charge < -0.3 is 4.90 Å². The molecule has 4 rings (SSSR count). The maximum Gasteiger partial charge on any atom is 0.205 e. The first-order valence-electron chi connectivity index (χ1n) is 7.94. The number of halogens is 2. The van der Waals surface area contributed by atoms with Crippen molar-refractivity contribution in [1.82, 2.24) is 14.3 Å². The highest BCUT2D eigenvalue weighted by atomic mass is 35.5. The Morgan fingerprint density at radius 2 is 2.00 bits per heavy atom. The molecule has 1 saturated heterocycles. The van der Waals surface area contributed by atoms with Gasteiger partial charge in [0.2, 0.25) is 5.13 Å². The average Bonchev–Trinajstić information content (AvgIpc) is 3.29. The van der Waals surface area contributed by atoms with Gasteiger partial charge in [-0.2, -0.15) is 4.37 Å². The van der Waals surface area contributed by atoms with E-state index in [2.05, 4.69) is 19.2 Å². The van der Waals surface area contributed by atoms with Crippen molar-refractivity contribution < 1.29 is 4.39 Å². The van der Waals surface area contributed by atoms with Crippen molar-refractivity contribution in [3.8, 4) is 0 Å². The standard InChI is InChI=1S/C16H18ClFN4S/c17-13-2-1-3-14(18)12(13)10-21-6-8-22(9-7-21)16-19-15(20-23-16)11-4-5-11/h1-3,11H,4-10H2. The van der Waals surface area contributed by atoms with E-state index in [0.29, 0.717) is 23.0 Å². The molecule has 1 aliphatic carbocycles. The zero-order chi connectivity index (χ0) is 15.8. The second-order valence-electron chi connectivity index (χ2n) is 6.17. The number of aromatic nitrogens is 2. The van der Waals surface area contributed by atoms with Gasteiger partial charge in [-0.3, -0.25) is 4.90 Å². The lowest BCUT2D eigenvalue weighted by Gasteiger charge is -2.34. The minimum absolute atomic E-state index is 0.224. The monoisotopic (exact) mass is 352 g/mol. The van der Waals surface area contributed by atoms with E-state index in [9.17, 15) is 4.39 Å². The number of hydrogen-bond donors (Lipinski definition) is 0. The van der Waals surface area contributed by atoms with Crippen LogP contribution in [0.15, 0.2) is 18.2 Å². The van der Waals surface area contributed by atoms with Crippen molar-refractivity contribution >= 4 is 28.3 Å². The molecule has 7 heteroatoms. The molecule has 0 radical (unpaired) electrons. The molecule has 0 N–H and O–H groups in total. The number of rotatable bonds is 4. The van der Waals surface area contributed by atoms with Gasteiger partial charge in [-0.1, -0.05) is 17.7 Å². The molecule has 2 fully saturated rings. The fourth-order valence-corrected chi connectivity index (χ4v) is 3.89. The van der Waals surface area contributed by atoms with Crippen LogP contribution in [-0.4, -0.2) is 40.4 Å². The van der Waals surface area contributed by atoms with Gasteiger partial charge in [0.25, 0.3) is 0 Å². The van der Waals surface area contributed by atoms with E-state index in [1.807, 2.05) is 0 Å². The Balaban J connectivity index is 1.37. The Morgan fingerprint density at radius 1 is 1.22 bits per heavy atom. The van der Waals surface area contributed by atoms with Crippen LogP contribution in [-0.2, 0) is 6.54 Å². The van der Waals surface area contributed by atoms with Crippen LogP contribution >= 0.6 is 23.1 Å². The summed E-state index contributed by atoms with van der Waals surface area (Å²) in [4.78, 5) is 9.19. The predicted molar refractivity (Wildman–Crippen MR) is 90.8 cm³/mol. The molecule has 1 aliphatic heterocycles. The lowest BCUT2D eigenvalue weighted by molar-refractivity contribution is 0.246. The van der Waals surface area contributed by atoms with Crippen molar-refractivity contribution in [1.29, 1.82) is 0 Å². The largest absolute Gasteiger partial charge is 0.344 e. The third-order valence-electron chi connectivity index (χ3n) is 4.46. The molecule has 2 aliphatic rings. The predicted octanol–water partition coefficient (Wildman–Crippen LogP) is 3.53. The normalized spacial score (nSPS) is 19.3. The molecule has 0 amide bonds. The van der Waals surface area contributed by atoms with E-state index < -0.39 is 0 Å². The van der Waals surface area contributed by atoms with Crippen LogP contribution in [0.25, 0.3) is 0 Å². The molecule has 1 aromatic carbocycles. The van der Waals surface area contributed by atoms with Gasteiger partial charge in [0.1, 0.15) is 11.6 Å². The lowest BCUT2D eigenvalue weighted by atomic mass is 10.2. The summed E-state index contributed by atoms with van der Waals surface area (Å²) in [5.41, 5.74) is 0.592. The molecule has 0 bridgehead atoms. The fraction of sp³-hybridized carbons (Fsp3) is 0.500. The molecule has 0 atom stereocenters. The van der Waals surface area contributed by atoms with E-state index in [0.717, 1.165) is 37.1 Å². The van der Waals surface area contributed by atoms with Gasteiger partial charge in [0.05, 0.1) is 0 Å². The van der Waals surface area contributed by atoms with E-state index >= 15 is 0 Å². The van der Waals surface area contributed by atoms with Gasteiger partial charge in [0, 0.05) is 60.8 Å². The molecule has 23 heavy (non-hydrogen) atoms. The molecule has 0 unspecified atom stereocenters. The highest BCUT2D eigenvalue weighted by Gasteiger charge is 2.29. The molecule has 1 aromatic heterocycles. The first kappa shape index (κ1) is 15.3. The molecular weight excluding hydrogens is 335 g/mol. The summed E-state index contributed by atoms with van der Waals surface area (Å²) in [5.74, 6) is 1.40. The van der Waals surface area contributed by atoms with Gasteiger partial charge in [0.15, 0.2) is 0 Å². The first-order valence-corrected chi connectivity index (χ1v) is 9.09. The minimum atomic E-state index is -0.224. The van der Waals surface area contributed by atoms with Crippen LogP contribution < -0.4 is 4.90 Å². The molecule has 1 saturated carbocycles. The summed E-state index contributed by atoms with van der Waals surface area (Å²) in [5, 5.41) is 1.53. The second-order valence-corrected chi connectivity index (χ2v) is 7.31. The van der Waals surface area contributed by atoms with Crippen LogP contribution in [0, 0.1) is 5.82 Å². The summed E-state index contributed by atoms with van der Waals surface area (Å²) in [6.45, 7) is 4.10. The topological polar surface area (TPSA) is 32.3 Å². The SMILES string of the molecule is Fc1cccc(Cl)c1CN1CCN(c2nc(C3CC3)ns2)CC1. The average molecular weight is 353 g/mol. The maximum atomic E-state index is 13.9. The van der Waals surface area contributed by atoms with Gasteiger partial charge in [-0.15, -0.1) is 0 Å². The third kappa shape index (κ3) is 3.34. The van der Waals surface area contributed by atoms with Gasteiger partial charge in [-0.05, 0) is 25.0 Å². The van der Waals surface area contributed by atoms with Gasteiger partial charge >= 0.3 is 0 Å². The molecule has 2 heterocycles. The number of nitrogens with zero attached hydrogens (tertiary/aromatic N) is 4. The van der Waals surface area contributed by atoms with E-state index in [-0.39, 0.29) is 5.82 Å². The second kappa shape index (κ2) is 6.34. The Bertz CT molecular complexity index is 675. The quantitative estimate of drug-likeness (QED) is 0.842.